The SMILES string of the molecule is Cc1ccc(N)cc1OCCCCC#N. The number of benzene rings is 1. The van der Waals surface area contributed by atoms with Crippen molar-refractivity contribution in [2.75, 3.05) is 12.3 Å². The summed E-state index contributed by atoms with van der Waals surface area (Å²) in [4.78, 5) is 0. The molecule has 0 aromatic heterocycles. The van der Waals surface area contributed by atoms with Crippen molar-refractivity contribution >= 4 is 5.69 Å². The highest BCUT2D eigenvalue weighted by Crippen LogP contribution is 2.20. The summed E-state index contributed by atoms with van der Waals surface area (Å²) in [6, 6.07) is 7.75. The smallest absolute Gasteiger partial charge is 0.124 e. The summed E-state index contributed by atoms with van der Waals surface area (Å²) in [7, 11) is 0. The minimum atomic E-state index is 0.596. The first-order chi connectivity index (χ1) is 7.24. The van der Waals surface area contributed by atoms with Crippen molar-refractivity contribution in [3.63, 3.8) is 0 Å². The lowest BCUT2D eigenvalue weighted by atomic mass is 10.2. The summed E-state index contributed by atoms with van der Waals surface area (Å²) in [5, 5.41) is 8.36. The lowest BCUT2D eigenvalue weighted by molar-refractivity contribution is 0.306. The Bertz CT molecular complexity index is 355. The molecule has 15 heavy (non-hydrogen) atoms. The minimum absolute atomic E-state index is 0.596. The first kappa shape index (κ1) is 11.4. The van der Waals surface area contributed by atoms with Crippen LogP contribution < -0.4 is 10.5 Å². The van der Waals surface area contributed by atoms with Gasteiger partial charge >= 0.3 is 0 Å². The van der Waals surface area contributed by atoms with E-state index < -0.39 is 0 Å². The van der Waals surface area contributed by atoms with E-state index in [1.54, 1.807) is 0 Å². The molecule has 2 N–H and O–H groups in total. The van der Waals surface area contributed by atoms with Gasteiger partial charge in [0, 0.05) is 18.2 Å². The molecule has 0 aliphatic heterocycles. The number of aryl methyl sites for hydroxylation is 1. The molecule has 0 saturated heterocycles. The van der Waals surface area contributed by atoms with Crippen LogP contribution >= 0.6 is 0 Å². The number of hydrogen-bond donors (Lipinski definition) is 1. The number of anilines is 1. The topological polar surface area (TPSA) is 59.0 Å². The normalized spacial score (nSPS) is 9.60. The molecule has 0 saturated carbocycles. The Morgan fingerprint density at radius 3 is 2.93 bits per heavy atom. The van der Waals surface area contributed by atoms with Crippen LogP contribution in [0.25, 0.3) is 0 Å². The second-order valence-electron chi connectivity index (χ2n) is 3.49. The third-order valence-corrected chi connectivity index (χ3v) is 2.15. The second kappa shape index (κ2) is 5.92. The molecule has 0 fully saturated rings. The van der Waals surface area contributed by atoms with E-state index in [1.807, 2.05) is 25.1 Å². The minimum Gasteiger partial charge on any atom is -0.493 e. The van der Waals surface area contributed by atoms with E-state index >= 15 is 0 Å². The van der Waals surface area contributed by atoms with Gasteiger partial charge in [-0.3, -0.25) is 0 Å². The van der Waals surface area contributed by atoms with Crippen molar-refractivity contribution in [1.82, 2.24) is 0 Å². The van der Waals surface area contributed by atoms with Crippen molar-refractivity contribution in [2.24, 2.45) is 0 Å². The van der Waals surface area contributed by atoms with E-state index in [2.05, 4.69) is 6.07 Å². The summed E-state index contributed by atoms with van der Waals surface area (Å²) in [5.74, 6) is 0.840. The average molecular weight is 204 g/mol. The van der Waals surface area contributed by atoms with Gasteiger partial charge in [0.2, 0.25) is 0 Å². The molecule has 3 nitrogen and oxygen atoms in total. The summed E-state index contributed by atoms with van der Waals surface area (Å²) in [6.07, 6.45) is 2.39. The molecule has 80 valence electrons. The second-order valence-corrected chi connectivity index (χ2v) is 3.49. The van der Waals surface area contributed by atoms with Gasteiger partial charge in [-0.25, -0.2) is 0 Å². The predicted octanol–water partition coefficient (Wildman–Crippen LogP) is 2.65. The first-order valence-electron chi connectivity index (χ1n) is 5.10. The van der Waals surface area contributed by atoms with Crippen molar-refractivity contribution in [2.45, 2.75) is 26.2 Å². The highest BCUT2D eigenvalue weighted by Gasteiger charge is 1.99. The van der Waals surface area contributed by atoms with Gasteiger partial charge in [-0.15, -0.1) is 0 Å². The highest BCUT2D eigenvalue weighted by molar-refractivity contribution is 5.47. The van der Waals surface area contributed by atoms with Crippen molar-refractivity contribution in [3.05, 3.63) is 23.8 Å². The maximum Gasteiger partial charge on any atom is 0.124 e. The zero-order valence-corrected chi connectivity index (χ0v) is 8.99. The monoisotopic (exact) mass is 204 g/mol. The van der Waals surface area contributed by atoms with E-state index in [4.69, 9.17) is 15.7 Å². The molecular weight excluding hydrogens is 188 g/mol. The number of hydrogen-bond acceptors (Lipinski definition) is 3. The van der Waals surface area contributed by atoms with E-state index in [1.165, 1.54) is 0 Å². The van der Waals surface area contributed by atoms with Crippen LogP contribution in [0.2, 0.25) is 0 Å². The number of rotatable bonds is 5. The van der Waals surface area contributed by atoms with Gasteiger partial charge in [0.25, 0.3) is 0 Å². The fourth-order valence-corrected chi connectivity index (χ4v) is 1.26. The lowest BCUT2D eigenvalue weighted by Crippen LogP contribution is -1.99. The molecule has 0 aliphatic carbocycles. The van der Waals surface area contributed by atoms with Gasteiger partial charge in [0.05, 0.1) is 12.7 Å². The number of nitrogens with zero attached hydrogens (tertiary/aromatic N) is 1. The molecule has 0 unspecified atom stereocenters. The average Bonchev–Trinajstić information content (AvgIpc) is 2.23. The van der Waals surface area contributed by atoms with Crippen LogP contribution in [0.5, 0.6) is 5.75 Å². The Labute approximate surface area is 90.5 Å². The number of nitrogens with two attached hydrogens (primary N) is 1. The zero-order valence-electron chi connectivity index (χ0n) is 8.99. The summed E-state index contributed by atoms with van der Waals surface area (Å²) >= 11 is 0. The standard InChI is InChI=1S/C12H16N2O/c1-10-5-6-11(14)9-12(10)15-8-4-2-3-7-13/h5-6,9H,2-4,8,14H2,1H3. The highest BCUT2D eigenvalue weighted by atomic mass is 16.5. The molecule has 1 aromatic carbocycles. The largest absolute Gasteiger partial charge is 0.493 e. The quantitative estimate of drug-likeness (QED) is 0.592. The van der Waals surface area contributed by atoms with Gasteiger partial charge in [0.15, 0.2) is 0 Å². The molecule has 0 bridgehead atoms. The summed E-state index contributed by atoms with van der Waals surface area (Å²) in [5.41, 5.74) is 7.46. The van der Waals surface area contributed by atoms with E-state index in [9.17, 15) is 0 Å². The molecule has 1 rings (SSSR count). The van der Waals surface area contributed by atoms with Crippen LogP contribution in [0.4, 0.5) is 5.69 Å². The Kier molecular flexibility index (Phi) is 4.49. The van der Waals surface area contributed by atoms with Crippen molar-refractivity contribution in [1.29, 1.82) is 5.26 Å². The van der Waals surface area contributed by atoms with E-state index in [-0.39, 0.29) is 0 Å². The van der Waals surface area contributed by atoms with Gasteiger partial charge < -0.3 is 10.5 Å². The first-order valence-corrected chi connectivity index (χ1v) is 5.10. The van der Waals surface area contributed by atoms with Gasteiger partial charge in [-0.1, -0.05) is 6.07 Å². The fraction of sp³-hybridized carbons (Fsp3) is 0.417. The van der Waals surface area contributed by atoms with Crippen LogP contribution in [0.3, 0.4) is 0 Å². The zero-order chi connectivity index (χ0) is 11.1. The van der Waals surface area contributed by atoms with Crippen LogP contribution in [-0.2, 0) is 0 Å². The summed E-state index contributed by atoms with van der Waals surface area (Å²) in [6.45, 7) is 2.63. The molecule has 1 aromatic rings. The van der Waals surface area contributed by atoms with Gasteiger partial charge in [0.1, 0.15) is 5.75 Å². The number of nitriles is 1. The van der Waals surface area contributed by atoms with Crippen LogP contribution in [-0.4, -0.2) is 6.61 Å². The summed E-state index contributed by atoms with van der Waals surface area (Å²) < 4.78 is 5.57. The molecule has 0 aliphatic rings. The Hall–Kier alpha value is -1.69. The third kappa shape index (κ3) is 3.90. The van der Waals surface area contributed by atoms with Crippen LogP contribution in [0.15, 0.2) is 18.2 Å². The molecule has 0 amide bonds. The maximum atomic E-state index is 8.36. The molecule has 0 spiro atoms. The maximum absolute atomic E-state index is 8.36. The van der Waals surface area contributed by atoms with E-state index in [0.29, 0.717) is 18.7 Å². The molecule has 0 heterocycles. The van der Waals surface area contributed by atoms with Crippen molar-refractivity contribution < 1.29 is 4.74 Å². The lowest BCUT2D eigenvalue weighted by Gasteiger charge is -2.09. The molecular formula is C12H16N2O. The Balaban J connectivity index is 2.37. The third-order valence-electron chi connectivity index (χ3n) is 2.15. The van der Waals surface area contributed by atoms with E-state index in [0.717, 1.165) is 24.2 Å². The molecule has 0 atom stereocenters. The molecule has 0 radical (unpaired) electrons. The number of nitrogen functional groups attached to an aromatic ring is 1. The van der Waals surface area contributed by atoms with Gasteiger partial charge in [-0.2, -0.15) is 5.26 Å². The number of ether oxygens (including phenoxy) is 1. The van der Waals surface area contributed by atoms with Crippen LogP contribution in [0.1, 0.15) is 24.8 Å². The fourth-order valence-electron chi connectivity index (χ4n) is 1.26. The molecule has 3 heteroatoms. The van der Waals surface area contributed by atoms with Crippen LogP contribution in [0, 0.1) is 18.3 Å². The Morgan fingerprint density at radius 2 is 2.20 bits per heavy atom. The number of unbranched alkanes of at least 4 members (excludes halogenated alkanes) is 2. The van der Waals surface area contributed by atoms with Crippen molar-refractivity contribution in [3.8, 4) is 11.8 Å². The Morgan fingerprint density at radius 1 is 1.40 bits per heavy atom. The van der Waals surface area contributed by atoms with Gasteiger partial charge in [-0.05, 0) is 31.4 Å². The predicted molar refractivity (Wildman–Crippen MR) is 60.6 cm³/mol.